The molecule has 2 nitrogen and oxygen atoms in total. The summed E-state index contributed by atoms with van der Waals surface area (Å²) in [7, 11) is 1.94. The van der Waals surface area contributed by atoms with E-state index in [1.54, 1.807) is 6.07 Å². The first-order chi connectivity index (χ1) is 9.48. The lowest BCUT2D eigenvalue weighted by Gasteiger charge is -2.20. The maximum absolute atomic E-state index is 12.3. The summed E-state index contributed by atoms with van der Waals surface area (Å²) >= 11 is 0. The van der Waals surface area contributed by atoms with Crippen molar-refractivity contribution in [1.82, 2.24) is 5.32 Å². The molecule has 0 aromatic heterocycles. The van der Waals surface area contributed by atoms with Gasteiger partial charge in [0.15, 0.2) is 0 Å². The maximum atomic E-state index is 12.3. The minimum absolute atomic E-state index is 0.125. The van der Waals surface area contributed by atoms with Gasteiger partial charge < -0.3 is 10.1 Å². The molecule has 5 heteroatoms. The molecule has 20 heavy (non-hydrogen) atoms. The number of ether oxygens (including phenoxy) is 1. The van der Waals surface area contributed by atoms with Gasteiger partial charge in [-0.05, 0) is 49.9 Å². The van der Waals surface area contributed by atoms with Crippen LogP contribution in [0.4, 0.5) is 13.2 Å². The van der Waals surface area contributed by atoms with Gasteiger partial charge in [0.05, 0.1) is 0 Å². The van der Waals surface area contributed by atoms with E-state index in [0.717, 1.165) is 31.2 Å². The van der Waals surface area contributed by atoms with Gasteiger partial charge in [0.1, 0.15) is 5.75 Å². The number of hydrogen-bond donors (Lipinski definition) is 1. The third kappa shape index (κ3) is 4.40. The topological polar surface area (TPSA) is 21.3 Å². The number of benzene rings is 1. The number of rotatable bonds is 3. The van der Waals surface area contributed by atoms with Crippen molar-refractivity contribution in [2.75, 3.05) is 7.05 Å². The lowest BCUT2D eigenvalue weighted by molar-refractivity contribution is -0.274. The van der Waals surface area contributed by atoms with Crippen molar-refractivity contribution < 1.29 is 17.9 Å². The zero-order valence-electron chi connectivity index (χ0n) is 11.5. The summed E-state index contributed by atoms with van der Waals surface area (Å²) in [4.78, 5) is 0. The number of alkyl halides is 3. The highest BCUT2D eigenvalue weighted by Crippen LogP contribution is 2.34. The molecule has 1 N–H and O–H groups in total. The third-order valence-electron chi connectivity index (χ3n) is 3.90. The average molecular weight is 287 g/mol. The molecule has 1 aliphatic rings. The molecule has 1 saturated carbocycles. The number of halogens is 3. The Hall–Kier alpha value is -1.23. The molecule has 2 atom stereocenters. The van der Waals surface area contributed by atoms with E-state index >= 15 is 0 Å². The van der Waals surface area contributed by atoms with Crippen molar-refractivity contribution in [3.05, 3.63) is 29.8 Å². The van der Waals surface area contributed by atoms with E-state index in [9.17, 15) is 13.2 Å². The molecule has 0 heterocycles. The van der Waals surface area contributed by atoms with Crippen LogP contribution >= 0.6 is 0 Å². The van der Waals surface area contributed by atoms with Crippen LogP contribution in [0, 0.1) is 0 Å². The number of nitrogens with one attached hydrogen (secondary N) is 1. The Bertz CT molecular complexity index is 433. The normalized spacial score (nSPS) is 24.2. The first kappa shape index (κ1) is 15.2. The van der Waals surface area contributed by atoms with Crippen LogP contribution in [0.3, 0.4) is 0 Å². The summed E-state index contributed by atoms with van der Waals surface area (Å²) in [6.07, 6.45) is 0.773. The summed E-state index contributed by atoms with van der Waals surface area (Å²) in [5.41, 5.74) is 0.939. The fraction of sp³-hybridized carbons (Fsp3) is 0.600. The standard InChI is InChI=1S/C15H20F3NO/c1-19-13-7-3-2-5-11(9-13)12-6-4-8-14(10-12)20-15(16,17)18/h4,6,8,10-11,13,19H,2-3,5,7,9H2,1H3. The highest BCUT2D eigenvalue weighted by atomic mass is 19.4. The molecule has 1 aliphatic carbocycles. The Balaban J connectivity index is 2.12. The Kier molecular flexibility index (Phi) is 4.91. The first-order valence-corrected chi connectivity index (χ1v) is 7.01. The zero-order chi connectivity index (χ0) is 14.6. The molecule has 1 aromatic rings. The van der Waals surface area contributed by atoms with Gasteiger partial charge >= 0.3 is 6.36 Å². The highest BCUT2D eigenvalue weighted by molar-refractivity contribution is 5.31. The van der Waals surface area contributed by atoms with Crippen LogP contribution in [0.25, 0.3) is 0 Å². The van der Waals surface area contributed by atoms with Crippen LogP contribution in [-0.4, -0.2) is 19.5 Å². The monoisotopic (exact) mass is 287 g/mol. The van der Waals surface area contributed by atoms with Gasteiger partial charge in [-0.1, -0.05) is 25.0 Å². The van der Waals surface area contributed by atoms with E-state index in [4.69, 9.17) is 0 Å². The van der Waals surface area contributed by atoms with Gasteiger partial charge in [0, 0.05) is 6.04 Å². The van der Waals surface area contributed by atoms with Crippen LogP contribution in [0.15, 0.2) is 24.3 Å². The van der Waals surface area contributed by atoms with Crippen LogP contribution in [0.1, 0.15) is 43.6 Å². The van der Waals surface area contributed by atoms with Gasteiger partial charge in [-0.15, -0.1) is 13.2 Å². The molecule has 1 aromatic carbocycles. The van der Waals surface area contributed by atoms with Crippen molar-refractivity contribution in [1.29, 1.82) is 0 Å². The predicted molar refractivity (Wildman–Crippen MR) is 71.8 cm³/mol. The molecule has 0 spiro atoms. The van der Waals surface area contributed by atoms with Crippen LogP contribution in [0.2, 0.25) is 0 Å². The third-order valence-corrected chi connectivity index (χ3v) is 3.90. The molecular weight excluding hydrogens is 267 g/mol. The molecule has 0 aliphatic heterocycles. The molecule has 0 radical (unpaired) electrons. The Labute approximate surface area is 117 Å². The minimum atomic E-state index is -4.63. The second kappa shape index (κ2) is 6.48. The van der Waals surface area contributed by atoms with Crippen molar-refractivity contribution >= 4 is 0 Å². The van der Waals surface area contributed by atoms with Gasteiger partial charge in [0.25, 0.3) is 0 Å². The smallest absolute Gasteiger partial charge is 0.406 e. The lowest BCUT2D eigenvalue weighted by atomic mass is 9.90. The first-order valence-electron chi connectivity index (χ1n) is 7.01. The molecule has 112 valence electrons. The zero-order valence-corrected chi connectivity index (χ0v) is 11.5. The summed E-state index contributed by atoms with van der Waals surface area (Å²) in [6, 6.07) is 6.84. The Morgan fingerprint density at radius 3 is 2.65 bits per heavy atom. The summed E-state index contributed by atoms with van der Waals surface area (Å²) in [5, 5.41) is 3.29. The molecule has 1 fully saturated rings. The predicted octanol–water partition coefficient (Wildman–Crippen LogP) is 4.22. The molecule has 2 unspecified atom stereocenters. The quantitative estimate of drug-likeness (QED) is 0.840. The lowest BCUT2D eigenvalue weighted by Crippen LogP contribution is -2.25. The van der Waals surface area contributed by atoms with E-state index in [0.29, 0.717) is 12.0 Å². The molecule has 0 bridgehead atoms. The number of hydrogen-bond acceptors (Lipinski definition) is 2. The fourth-order valence-electron chi connectivity index (χ4n) is 2.89. The average Bonchev–Trinajstić information content (AvgIpc) is 2.62. The molecule has 0 saturated heterocycles. The fourth-order valence-corrected chi connectivity index (χ4v) is 2.89. The Morgan fingerprint density at radius 1 is 1.20 bits per heavy atom. The summed E-state index contributed by atoms with van der Waals surface area (Å²) in [5.74, 6) is 0.173. The van der Waals surface area contributed by atoms with Crippen molar-refractivity contribution in [3.8, 4) is 5.75 Å². The van der Waals surface area contributed by atoms with Gasteiger partial charge in [-0.25, -0.2) is 0 Å². The minimum Gasteiger partial charge on any atom is -0.406 e. The van der Waals surface area contributed by atoms with E-state index in [1.165, 1.54) is 18.6 Å². The van der Waals surface area contributed by atoms with Crippen molar-refractivity contribution in [2.45, 2.75) is 50.4 Å². The van der Waals surface area contributed by atoms with Crippen LogP contribution in [0.5, 0.6) is 5.75 Å². The largest absolute Gasteiger partial charge is 0.573 e. The molecule has 0 amide bonds. The van der Waals surface area contributed by atoms with E-state index in [2.05, 4.69) is 10.1 Å². The summed E-state index contributed by atoms with van der Waals surface area (Å²) in [6.45, 7) is 0. The van der Waals surface area contributed by atoms with Crippen LogP contribution in [-0.2, 0) is 0 Å². The van der Waals surface area contributed by atoms with E-state index in [1.807, 2.05) is 13.1 Å². The van der Waals surface area contributed by atoms with Gasteiger partial charge in [-0.3, -0.25) is 0 Å². The van der Waals surface area contributed by atoms with Gasteiger partial charge in [-0.2, -0.15) is 0 Å². The van der Waals surface area contributed by atoms with Gasteiger partial charge in [0.2, 0.25) is 0 Å². The second-order valence-corrected chi connectivity index (χ2v) is 5.32. The Morgan fingerprint density at radius 2 is 1.95 bits per heavy atom. The van der Waals surface area contributed by atoms with Crippen molar-refractivity contribution in [2.24, 2.45) is 0 Å². The maximum Gasteiger partial charge on any atom is 0.573 e. The van der Waals surface area contributed by atoms with Crippen molar-refractivity contribution in [3.63, 3.8) is 0 Å². The summed E-state index contributed by atoms with van der Waals surface area (Å²) < 4.78 is 40.8. The van der Waals surface area contributed by atoms with E-state index < -0.39 is 6.36 Å². The van der Waals surface area contributed by atoms with Crippen LogP contribution < -0.4 is 10.1 Å². The van der Waals surface area contributed by atoms with E-state index in [-0.39, 0.29) is 5.75 Å². The molecular formula is C15H20F3NO. The SMILES string of the molecule is CNC1CCCCC(c2cccc(OC(F)(F)F)c2)C1. The second-order valence-electron chi connectivity index (χ2n) is 5.32. The molecule has 2 rings (SSSR count). The highest BCUT2D eigenvalue weighted by Gasteiger charge is 2.31.